The molecule has 0 fully saturated rings. The van der Waals surface area contributed by atoms with Gasteiger partial charge >= 0.3 is 0 Å². The van der Waals surface area contributed by atoms with Gasteiger partial charge in [0.05, 0.1) is 6.61 Å². The van der Waals surface area contributed by atoms with Gasteiger partial charge in [0.2, 0.25) is 0 Å². The van der Waals surface area contributed by atoms with E-state index in [4.69, 9.17) is 4.74 Å². The highest BCUT2D eigenvalue weighted by Gasteiger charge is 2.01. The van der Waals surface area contributed by atoms with Crippen molar-refractivity contribution in [2.45, 2.75) is 32.7 Å². The van der Waals surface area contributed by atoms with Crippen molar-refractivity contribution in [2.24, 2.45) is 0 Å². The van der Waals surface area contributed by atoms with Gasteiger partial charge in [0, 0.05) is 6.04 Å². The van der Waals surface area contributed by atoms with Crippen LogP contribution in [0.25, 0.3) is 10.8 Å². The Bertz CT molecular complexity index is 509. The number of fused-ring (bicyclic) bond motifs is 1. The largest absolute Gasteiger partial charge is 0.494 e. The van der Waals surface area contributed by atoms with Crippen molar-refractivity contribution in [3.05, 3.63) is 42.5 Å². The van der Waals surface area contributed by atoms with Crippen LogP contribution in [-0.2, 0) is 0 Å². The Morgan fingerprint density at radius 2 is 1.89 bits per heavy atom. The first-order valence-electron chi connectivity index (χ1n) is 7.14. The van der Waals surface area contributed by atoms with Gasteiger partial charge in [0.25, 0.3) is 0 Å². The number of benzene rings is 2. The normalized spacial score (nSPS) is 12.5. The fourth-order valence-corrected chi connectivity index (χ4v) is 2.10. The summed E-state index contributed by atoms with van der Waals surface area (Å²) in [5, 5.41) is 5.96. The Labute approximate surface area is 115 Å². The second kappa shape index (κ2) is 7.15. The molecule has 2 rings (SSSR count). The third-order valence-electron chi connectivity index (χ3n) is 3.28. The van der Waals surface area contributed by atoms with Crippen molar-refractivity contribution in [2.75, 3.05) is 13.2 Å². The summed E-state index contributed by atoms with van der Waals surface area (Å²) in [6.07, 6.45) is 2.21. The zero-order valence-corrected chi connectivity index (χ0v) is 11.9. The molecular formula is C17H23NO. The Morgan fingerprint density at radius 3 is 2.68 bits per heavy atom. The first-order valence-corrected chi connectivity index (χ1v) is 7.14. The van der Waals surface area contributed by atoms with Gasteiger partial charge in [0.1, 0.15) is 5.75 Å². The molecule has 0 amide bonds. The maximum Gasteiger partial charge on any atom is 0.119 e. The second-order valence-electron chi connectivity index (χ2n) is 5.00. The standard InChI is InChI=1S/C17H23NO/c1-3-11-18-14(2)10-12-19-17-9-8-15-6-4-5-7-16(15)13-17/h4-9,13-14,18H,3,10-12H2,1-2H3. The van der Waals surface area contributed by atoms with Crippen LogP contribution in [-0.4, -0.2) is 19.2 Å². The van der Waals surface area contributed by atoms with E-state index in [-0.39, 0.29) is 0 Å². The quantitative estimate of drug-likeness (QED) is 0.809. The van der Waals surface area contributed by atoms with Gasteiger partial charge in [-0.1, -0.05) is 37.3 Å². The summed E-state index contributed by atoms with van der Waals surface area (Å²) >= 11 is 0. The maximum atomic E-state index is 5.82. The van der Waals surface area contributed by atoms with E-state index < -0.39 is 0 Å². The van der Waals surface area contributed by atoms with Crippen molar-refractivity contribution in [3.63, 3.8) is 0 Å². The van der Waals surface area contributed by atoms with Gasteiger partial charge in [0.15, 0.2) is 0 Å². The van der Waals surface area contributed by atoms with Crippen LogP contribution in [0.5, 0.6) is 5.75 Å². The lowest BCUT2D eigenvalue weighted by atomic mass is 10.1. The van der Waals surface area contributed by atoms with Crippen molar-refractivity contribution in [1.29, 1.82) is 0 Å². The molecule has 0 aliphatic rings. The predicted molar refractivity (Wildman–Crippen MR) is 81.8 cm³/mol. The molecule has 2 nitrogen and oxygen atoms in total. The smallest absolute Gasteiger partial charge is 0.119 e. The molecule has 0 saturated heterocycles. The van der Waals surface area contributed by atoms with Crippen LogP contribution in [0.4, 0.5) is 0 Å². The highest BCUT2D eigenvalue weighted by Crippen LogP contribution is 2.20. The van der Waals surface area contributed by atoms with E-state index in [1.165, 1.54) is 17.2 Å². The van der Waals surface area contributed by atoms with Crippen LogP contribution in [0.1, 0.15) is 26.7 Å². The summed E-state index contributed by atoms with van der Waals surface area (Å²) in [5.41, 5.74) is 0. The molecule has 2 heteroatoms. The molecule has 2 aromatic carbocycles. The molecule has 1 atom stereocenters. The Morgan fingerprint density at radius 1 is 1.11 bits per heavy atom. The first kappa shape index (κ1) is 13.9. The summed E-state index contributed by atoms with van der Waals surface area (Å²) < 4.78 is 5.82. The van der Waals surface area contributed by atoms with Gasteiger partial charge < -0.3 is 10.1 Å². The molecule has 0 aliphatic heterocycles. The van der Waals surface area contributed by atoms with Crippen LogP contribution in [0.2, 0.25) is 0 Å². The molecule has 0 spiro atoms. The first-order chi connectivity index (χ1) is 9.29. The monoisotopic (exact) mass is 257 g/mol. The average Bonchev–Trinajstić information content (AvgIpc) is 2.45. The van der Waals surface area contributed by atoms with Crippen LogP contribution in [0, 0.1) is 0 Å². The van der Waals surface area contributed by atoms with Gasteiger partial charge in [-0.3, -0.25) is 0 Å². The van der Waals surface area contributed by atoms with Crippen molar-refractivity contribution >= 4 is 10.8 Å². The fraction of sp³-hybridized carbons (Fsp3) is 0.412. The topological polar surface area (TPSA) is 21.3 Å². The minimum atomic E-state index is 0.514. The molecule has 0 bridgehead atoms. The number of hydrogen-bond acceptors (Lipinski definition) is 2. The van der Waals surface area contributed by atoms with E-state index in [0.717, 1.165) is 25.3 Å². The predicted octanol–water partition coefficient (Wildman–Crippen LogP) is 4.00. The number of nitrogens with one attached hydrogen (secondary N) is 1. The van der Waals surface area contributed by atoms with Crippen LogP contribution in [0.3, 0.4) is 0 Å². The average molecular weight is 257 g/mol. The van der Waals surface area contributed by atoms with Gasteiger partial charge in [-0.25, -0.2) is 0 Å². The van der Waals surface area contributed by atoms with Crippen molar-refractivity contribution in [1.82, 2.24) is 5.32 Å². The fourth-order valence-electron chi connectivity index (χ4n) is 2.10. The van der Waals surface area contributed by atoms with Gasteiger partial charge in [-0.2, -0.15) is 0 Å². The molecule has 102 valence electrons. The summed E-state index contributed by atoms with van der Waals surface area (Å²) in [7, 11) is 0. The van der Waals surface area contributed by atoms with E-state index in [9.17, 15) is 0 Å². The Balaban J connectivity index is 1.84. The van der Waals surface area contributed by atoms with Crippen molar-refractivity contribution < 1.29 is 4.74 Å². The summed E-state index contributed by atoms with van der Waals surface area (Å²) in [5.74, 6) is 0.960. The molecule has 1 N–H and O–H groups in total. The summed E-state index contributed by atoms with van der Waals surface area (Å²) in [6.45, 7) is 6.23. The minimum absolute atomic E-state index is 0.514. The maximum absolute atomic E-state index is 5.82. The Hall–Kier alpha value is -1.54. The van der Waals surface area contributed by atoms with Crippen LogP contribution >= 0.6 is 0 Å². The van der Waals surface area contributed by atoms with E-state index >= 15 is 0 Å². The molecule has 0 radical (unpaired) electrons. The molecular weight excluding hydrogens is 234 g/mol. The molecule has 19 heavy (non-hydrogen) atoms. The lowest BCUT2D eigenvalue weighted by molar-refractivity contribution is 0.290. The number of ether oxygens (including phenoxy) is 1. The number of rotatable bonds is 7. The molecule has 0 saturated carbocycles. The lowest BCUT2D eigenvalue weighted by Crippen LogP contribution is -2.28. The molecule has 0 aliphatic carbocycles. The lowest BCUT2D eigenvalue weighted by Gasteiger charge is -2.14. The molecule has 0 aromatic heterocycles. The minimum Gasteiger partial charge on any atom is -0.494 e. The van der Waals surface area contributed by atoms with Crippen LogP contribution < -0.4 is 10.1 Å². The molecule has 2 aromatic rings. The zero-order valence-electron chi connectivity index (χ0n) is 11.9. The third kappa shape index (κ3) is 4.25. The van der Waals surface area contributed by atoms with Crippen LogP contribution in [0.15, 0.2) is 42.5 Å². The molecule has 1 unspecified atom stereocenters. The van der Waals surface area contributed by atoms with E-state index in [1.54, 1.807) is 0 Å². The van der Waals surface area contributed by atoms with Gasteiger partial charge in [-0.05, 0) is 49.2 Å². The SMILES string of the molecule is CCCNC(C)CCOc1ccc2ccccc2c1. The Kier molecular flexibility index (Phi) is 5.22. The van der Waals surface area contributed by atoms with E-state index in [1.807, 2.05) is 6.07 Å². The third-order valence-corrected chi connectivity index (χ3v) is 3.28. The summed E-state index contributed by atoms with van der Waals surface area (Å²) in [4.78, 5) is 0. The second-order valence-corrected chi connectivity index (χ2v) is 5.00. The van der Waals surface area contributed by atoms with Crippen molar-refractivity contribution in [3.8, 4) is 5.75 Å². The zero-order chi connectivity index (χ0) is 13.5. The highest BCUT2D eigenvalue weighted by molar-refractivity contribution is 5.83. The number of hydrogen-bond donors (Lipinski definition) is 1. The van der Waals surface area contributed by atoms with E-state index in [0.29, 0.717) is 6.04 Å². The van der Waals surface area contributed by atoms with E-state index in [2.05, 4.69) is 55.6 Å². The molecule has 0 heterocycles. The van der Waals surface area contributed by atoms with Gasteiger partial charge in [-0.15, -0.1) is 0 Å². The summed E-state index contributed by atoms with van der Waals surface area (Å²) in [6, 6.07) is 15.1. The highest BCUT2D eigenvalue weighted by atomic mass is 16.5.